The minimum absolute atomic E-state index is 0.347. The Hall–Kier alpha value is -1.28. The molecule has 2 aromatic heterocycles. The fraction of sp³-hybridized carbons (Fsp3) is 0.357. The van der Waals surface area contributed by atoms with Crippen molar-refractivity contribution in [3.8, 4) is 0 Å². The van der Waals surface area contributed by atoms with Crippen LogP contribution in [0.2, 0.25) is 0 Å². The Morgan fingerprint density at radius 2 is 2.10 bits per heavy atom. The molecule has 0 saturated heterocycles. The minimum Gasteiger partial charge on any atom is -0.312 e. The van der Waals surface area contributed by atoms with Crippen molar-refractivity contribution in [2.75, 3.05) is 13.1 Å². The number of hydrogen-bond acceptors (Lipinski definition) is 5. The largest absolute Gasteiger partial charge is 0.312 e. The molecule has 0 unspecified atom stereocenters. The van der Waals surface area contributed by atoms with Gasteiger partial charge in [0.25, 0.3) is 0 Å². The Labute approximate surface area is 129 Å². The third-order valence-electron chi connectivity index (χ3n) is 2.85. The van der Waals surface area contributed by atoms with Crippen LogP contribution in [0.15, 0.2) is 40.7 Å². The first-order valence-electron chi connectivity index (χ1n) is 6.81. The van der Waals surface area contributed by atoms with Gasteiger partial charge in [0.1, 0.15) is 4.21 Å². The zero-order chi connectivity index (χ0) is 15.1. The van der Waals surface area contributed by atoms with Gasteiger partial charge in [-0.15, -0.1) is 11.3 Å². The monoisotopic (exact) mass is 325 g/mol. The summed E-state index contributed by atoms with van der Waals surface area (Å²) in [6.45, 7) is 3.93. The molecule has 0 amide bonds. The molecule has 2 aromatic rings. The Morgan fingerprint density at radius 3 is 2.81 bits per heavy atom. The molecule has 0 aromatic carbocycles. The van der Waals surface area contributed by atoms with E-state index in [-0.39, 0.29) is 0 Å². The Kier molecular flexibility index (Phi) is 5.86. The third kappa shape index (κ3) is 4.89. The van der Waals surface area contributed by atoms with Crippen molar-refractivity contribution in [3.05, 3.63) is 47.1 Å². The molecule has 0 aliphatic heterocycles. The van der Waals surface area contributed by atoms with Crippen molar-refractivity contribution >= 4 is 21.4 Å². The lowest BCUT2D eigenvalue weighted by Crippen LogP contribution is -2.25. The first-order chi connectivity index (χ1) is 10.1. The predicted molar refractivity (Wildman–Crippen MR) is 84.8 cm³/mol. The second-order valence-corrected chi connectivity index (χ2v) is 7.63. The highest BCUT2D eigenvalue weighted by Gasteiger charge is 2.16. The Balaban J connectivity index is 1.90. The molecule has 0 aliphatic rings. The van der Waals surface area contributed by atoms with E-state index in [9.17, 15) is 8.42 Å². The van der Waals surface area contributed by atoms with Crippen molar-refractivity contribution < 1.29 is 8.42 Å². The average Bonchev–Trinajstić information content (AvgIpc) is 2.96. The molecule has 0 fully saturated rings. The molecular formula is C14H19N3O2S2. The van der Waals surface area contributed by atoms with Crippen LogP contribution in [0, 0.1) is 0 Å². The molecular weight excluding hydrogens is 306 g/mol. The second kappa shape index (κ2) is 7.65. The molecule has 114 valence electrons. The normalized spacial score (nSPS) is 11.7. The van der Waals surface area contributed by atoms with Crippen molar-refractivity contribution in [1.82, 2.24) is 15.0 Å². The van der Waals surface area contributed by atoms with Crippen LogP contribution in [0.3, 0.4) is 0 Å². The van der Waals surface area contributed by atoms with Crippen LogP contribution in [0.1, 0.15) is 17.5 Å². The SMILES string of the molecule is CCNCc1ccc(S(=O)(=O)NCCc2ccccn2)s1. The van der Waals surface area contributed by atoms with E-state index in [1.165, 1.54) is 11.3 Å². The summed E-state index contributed by atoms with van der Waals surface area (Å²) in [4.78, 5) is 5.18. The minimum atomic E-state index is -3.42. The highest BCUT2D eigenvalue weighted by Crippen LogP contribution is 2.21. The van der Waals surface area contributed by atoms with Gasteiger partial charge in [-0.3, -0.25) is 4.98 Å². The summed E-state index contributed by atoms with van der Waals surface area (Å²) in [6, 6.07) is 9.11. The van der Waals surface area contributed by atoms with E-state index in [1.54, 1.807) is 12.3 Å². The molecule has 2 N–H and O–H groups in total. The van der Waals surface area contributed by atoms with Crippen LogP contribution in [-0.2, 0) is 23.0 Å². The van der Waals surface area contributed by atoms with Gasteiger partial charge >= 0.3 is 0 Å². The van der Waals surface area contributed by atoms with E-state index in [2.05, 4.69) is 15.0 Å². The lowest BCUT2D eigenvalue weighted by atomic mass is 10.3. The number of hydrogen-bond donors (Lipinski definition) is 2. The van der Waals surface area contributed by atoms with Crippen LogP contribution < -0.4 is 10.0 Å². The first kappa shape index (κ1) is 16.1. The average molecular weight is 325 g/mol. The number of rotatable bonds is 8. The van der Waals surface area contributed by atoms with Crippen LogP contribution in [-0.4, -0.2) is 26.5 Å². The summed E-state index contributed by atoms with van der Waals surface area (Å²) in [7, 11) is -3.42. The first-order valence-corrected chi connectivity index (χ1v) is 9.11. The molecule has 2 heterocycles. The summed E-state index contributed by atoms with van der Waals surface area (Å²) < 4.78 is 27.3. The van der Waals surface area contributed by atoms with Crippen LogP contribution in [0.5, 0.6) is 0 Å². The lowest BCUT2D eigenvalue weighted by Gasteiger charge is -2.04. The Bertz CT molecular complexity index is 654. The second-order valence-electron chi connectivity index (χ2n) is 4.47. The quantitative estimate of drug-likeness (QED) is 0.776. The van der Waals surface area contributed by atoms with Gasteiger partial charge in [0, 0.05) is 36.3 Å². The summed E-state index contributed by atoms with van der Waals surface area (Å²) in [5.41, 5.74) is 0.874. The zero-order valence-corrected chi connectivity index (χ0v) is 13.5. The summed E-state index contributed by atoms with van der Waals surface area (Å²) in [6.07, 6.45) is 2.28. The van der Waals surface area contributed by atoms with Gasteiger partial charge in [-0.25, -0.2) is 13.1 Å². The fourth-order valence-electron chi connectivity index (χ4n) is 1.78. The van der Waals surface area contributed by atoms with Crippen molar-refractivity contribution in [3.63, 3.8) is 0 Å². The van der Waals surface area contributed by atoms with Gasteiger partial charge < -0.3 is 5.32 Å². The predicted octanol–water partition coefficient (Wildman–Crippen LogP) is 1.77. The van der Waals surface area contributed by atoms with E-state index in [0.717, 1.165) is 17.1 Å². The van der Waals surface area contributed by atoms with Crippen molar-refractivity contribution in [1.29, 1.82) is 0 Å². The van der Waals surface area contributed by atoms with E-state index in [4.69, 9.17) is 0 Å². The van der Waals surface area contributed by atoms with E-state index >= 15 is 0 Å². The number of thiophene rings is 1. The van der Waals surface area contributed by atoms with Crippen molar-refractivity contribution in [2.45, 2.75) is 24.1 Å². The summed E-state index contributed by atoms with van der Waals surface area (Å²) in [5.74, 6) is 0. The number of pyridine rings is 1. The van der Waals surface area contributed by atoms with Crippen LogP contribution >= 0.6 is 11.3 Å². The van der Waals surface area contributed by atoms with Gasteiger partial charge in [0.05, 0.1) is 0 Å². The van der Waals surface area contributed by atoms with Crippen molar-refractivity contribution in [2.24, 2.45) is 0 Å². The molecule has 0 aliphatic carbocycles. The molecule has 0 radical (unpaired) electrons. The van der Waals surface area contributed by atoms with E-state index < -0.39 is 10.0 Å². The maximum absolute atomic E-state index is 12.2. The Morgan fingerprint density at radius 1 is 1.24 bits per heavy atom. The maximum atomic E-state index is 12.2. The molecule has 0 saturated carbocycles. The summed E-state index contributed by atoms with van der Waals surface area (Å²) >= 11 is 1.30. The van der Waals surface area contributed by atoms with Gasteiger partial charge in [-0.2, -0.15) is 0 Å². The number of sulfonamides is 1. The lowest BCUT2D eigenvalue weighted by molar-refractivity contribution is 0.583. The third-order valence-corrected chi connectivity index (χ3v) is 5.89. The molecule has 7 heteroatoms. The number of nitrogens with one attached hydrogen (secondary N) is 2. The molecule has 21 heavy (non-hydrogen) atoms. The molecule has 0 spiro atoms. The zero-order valence-electron chi connectivity index (χ0n) is 11.9. The maximum Gasteiger partial charge on any atom is 0.250 e. The van der Waals surface area contributed by atoms with Gasteiger partial charge in [0.15, 0.2) is 0 Å². The van der Waals surface area contributed by atoms with Gasteiger partial charge in [-0.1, -0.05) is 13.0 Å². The van der Waals surface area contributed by atoms with Crippen LogP contribution in [0.4, 0.5) is 0 Å². The standard InChI is InChI=1S/C14H19N3O2S2/c1-2-15-11-13-6-7-14(20-13)21(18,19)17-10-8-12-5-3-4-9-16-12/h3-7,9,15,17H,2,8,10-11H2,1H3. The van der Waals surface area contributed by atoms with Gasteiger partial charge in [-0.05, 0) is 30.8 Å². The number of aromatic nitrogens is 1. The summed E-state index contributed by atoms with van der Waals surface area (Å²) in [5, 5.41) is 3.18. The molecule has 0 bridgehead atoms. The molecule has 5 nitrogen and oxygen atoms in total. The number of nitrogens with zero attached hydrogens (tertiary/aromatic N) is 1. The van der Waals surface area contributed by atoms with Crippen LogP contribution in [0.25, 0.3) is 0 Å². The fourth-order valence-corrected chi connectivity index (χ4v) is 4.18. The highest BCUT2D eigenvalue weighted by atomic mass is 32.2. The van der Waals surface area contributed by atoms with Gasteiger partial charge in [0.2, 0.25) is 10.0 Å². The molecule has 0 atom stereocenters. The smallest absolute Gasteiger partial charge is 0.250 e. The molecule has 2 rings (SSSR count). The topological polar surface area (TPSA) is 71.1 Å². The highest BCUT2D eigenvalue weighted by molar-refractivity contribution is 7.91. The van der Waals surface area contributed by atoms with E-state index in [1.807, 2.05) is 31.2 Å². The van der Waals surface area contributed by atoms with E-state index in [0.29, 0.717) is 23.7 Å².